The van der Waals surface area contributed by atoms with Crippen molar-refractivity contribution in [3.8, 4) is 17.1 Å². The van der Waals surface area contributed by atoms with Crippen LogP contribution in [0.2, 0.25) is 0 Å². The van der Waals surface area contributed by atoms with Gasteiger partial charge in [-0.2, -0.15) is 21.6 Å². The molecule has 0 N–H and O–H groups in total. The van der Waals surface area contributed by atoms with Gasteiger partial charge in [-0.1, -0.05) is 12.0 Å². The predicted octanol–water partition coefficient (Wildman–Crippen LogP) is 3.86. The molecule has 4 nitrogen and oxygen atoms in total. The topological polar surface area (TPSA) is 56.3 Å². The van der Waals surface area contributed by atoms with E-state index in [1.54, 1.807) is 12.1 Å². The predicted molar refractivity (Wildman–Crippen MR) is 85.8 cm³/mol. The maximum absolute atomic E-state index is 12.4. The van der Waals surface area contributed by atoms with Crippen LogP contribution < -0.4 is 4.18 Å². The van der Waals surface area contributed by atoms with E-state index in [1.807, 2.05) is 21.2 Å². The van der Waals surface area contributed by atoms with Crippen molar-refractivity contribution in [1.29, 1.82) is 0 Å². The molecule has 22 heavy (non-hydrogen) atoms. The molecule has 116 valence electrons. The van der Waals surface area contributed by atoms with Gasteiger partial charge in [-0.25, -0.2) is 4.98 Å². The smallest absolute Gasteiger partial charge is 0.355 e. The summed E-state index contributed by atoms with van der Waals surface area (Å²) in [6.07, 6.45) is 1.16. The average molecular weight is 459 g/mol. The van der Waals surface area contributed by atoms with Gasteiger partial charge >= 0.3 is 15.6 Å². The summed E-state index contributed by atoms with van der Waals surface area (Å²) in [6.45, 7) is 0. The van der Waals surface area contributed by atoms with Crippen molar-refractivity contribution in [2.24, 2.45) is 0 Å². The third-order valence-electron chi connectivity index (χ3n) is 2.44. The number of benzene rings is 1. The lowest BCUT2D eigenvalue weighted by atomic mass is 10.1. The zero-order valence-corrected chi connectivity index (χ0v) is 14.2. The second-order valence-corrected chi connectivity index (χ2v) is 7.06. The fourth-order valence-corrected chi connectivity index (χ4v) is 2.44. The van der Waals surface area contributed by atoms with Gasteiger partial charge in [0.2, 0.25) is 5.88 Å². The van der Waals surface area contributed by atoms with Crippen LogP contribution in [-0.2, 0) is 10.1 Å². The number of alkyl halides is 3. The quantitative estimate of drug-likeness (QED) is 0.296. The van der Waals surface area contributed by atoms with Crippen LogP contribution in [-0.4, -0.2) is 18.9 Å². The van der Waals surface area contributed by atoms with Crippen molar-refractivity contribution in [2.45, 2.75) is 5.51 Å². The van der Waals surface area contributed by atoms with E-state index >= 15 is 0 Å². The van der Waals surface area contributed by atoms with Crippen LogP contribution in [0.5, 0.6) is 5.88 Å². The van der Waals surface area contributed by atoms with Gasteiger partial charge in [0.25, 0.3) is 0 Å². The van der Waals surface area contributed by atoms with Gasteiger partial charge in [0.05, 0.1) is 0 Å². The summed E-state index contributed by atoms with van der Waals surface area (Å²) < 4.78 is 63.5. The minimum absolute atomic E-state index is 0.126. The van der Waals surface area contributed by atoms with Crippen molar-refractivity contribution in [3.05, 3.63) is 36.0 Å². The Bertz CT molecular complexity index is 873. The van der Waals surface area contributed by atoms with Crippen LogP contribution >= 0.6 is 30.1 Å². The van der Waals surface area contributed by atoms with Crippen LogP contribution in [0.25, 0.3) is 10.8 Å². The Morgan fingerprint density at radius 2 is 2.00 bits per heavy atom. The normalized spacial score (nSPS) is 11.8. The lowest BCUT2D eigenvalue weighted by Gasteiger charge is -2.10. The zero-order chi connectivity index (χ0) is 16.4. The minimum atomic E-state index is -5.78. The van der Waals surface area contributed by atoms with Crippen molar-refractivity contribution >= 4 is 51.0 Å². The van der Waals surface area contributed by atoms with Crippen molar-refractivity contribution in [2.75, 3.05) is 0 Å². The van der Waals surface area contributed by atoms with Gasteiger partial charge in [-0.05, 0) is 37.8 Å². The number of nitrogens with zero attached hydrogens (tertiary/aromatic N) is 1. The third kappa shape index (κ3) is 3.76. The Morgan fingerprint density at radius 3 is 2.64 bits per heavy atom. The SMILES string of the molecule is O=S(=O)(Oc1nccc2ccc(C#CSI)cc12)C(F)(F)F. The summed E-state index contributed by atoms with van der Waals surface area (Å²) in [7, 11) is -4.54. The molecule has 0 aliphatic carbocycles. The number of hydrogen-bond donors (Lipinski definition) is 0. The maximum Gasteiger partial charge on any atom is 0.534 e. The molecule has 0 bridgehead atoms. The monoisotopic (exact) mass is 459 g/mol. The van der Waals surface area contributed by atoms with E-state index in [-0.39, 0.29) is 5.39 Å². The van der Waals surface area contributed by atoms with Crippen LogP contribution in [0, 0.1) is 11.2 Å². The molecule has 2 aromatic rings. The molecule has 0 atom stereocenters. The molecule has 0 fully saturated rings. The molecular formula is C12H5F3INO3S2. The summed E-state index contributed by atoms with van der Waals surface area (Å²) in [5, 5.41) is 3.32. The van der Waals surface area contributed by atoms with Crippen LogP contribution in [0.15, 0.2) is 30.5 Å². The number of hydrogen-bond acceptors (Lipinski definition) is 5. The van der Waals surface area contributed by atoms with Gasteiger partial charge in [-0.15, -0.1) is 0 Å². The third-order valence-corrected chi connectivity index (χ3v) is 4.22. The Hall–Kier alpha value is -1.19. The average Bonchev–Trinajstić information content (AvgIpc) is 2.44. The number of fused-ring (bicyclic) bond motifs is 1. The molecule has 10 heteroatoms. The van der Waals surface area contributed by atoms with Crippen molar-refractivity contribution in [1.82, 2.24) is 4.98 Å². The Morgan fingerprint density at radius 1 is 1.27 bits per heavy atom. The van der Waals surface area contributed by atoms with Crippen LogP contribution in [0.4, 0.5) is 13.2 Å². The fourth-order valence-electron chi connectivity index (χ4n) is 1.52. The Labute approximate surface area is 140 Å². The highest BCUT2D eigenvalue weighted by Crippen LogP contribution is 2.30. The first-order chi connectivity index (χ1) is 10.2. The second-order valence-electron chi connectivity index (χ2n) is 3.84. The van der Waals surface area contributed by atoms with E-state index < -0.39 is 21.5 Å². The van der Waals surface area contributed by atoms with E-state index in [0.29, 0.717) is 10.9 Å². The first-order valence-corrected chi connectivity index (χ1v) is 10.2. The lowest BCUT2D eigenvalue weighted by Crippen LogP contribution is -2.28. The first kappa shape index (κ1) is 17.2. The molecule has 0 saturated heterocycles. The van der Waals surface area contributed by atoms with Crippen LogP contribution in [0.1, 0.15) is 5.56 Å². The van der Waals surface area contributed by atoms with E-state index in [1.165, 1.54) is 21.1 Å². The van der Waals surface area contributed by atoms with E-state index in [2.05, 4.69) is 20.3 Å². The first-order valence-electron chi connectivity index (χ1n) is 5.43. The molecule has 0 radical (unpaired) electrons. The zero-order valence-electron chi connectivity index (χ0n) is 10.4. The van der Waals surface area contributed by atoms with E-state index in [0.717, 1.165) is 6.20 Å². The van der Waals surface area contributed by atoms with E-state index in [9.17, 15) is 21.6 Å². The van der Waals surface area contributed by atoms with Gasteiger partial charge in [-0.3, -0.25) is 0 Å². The van der Waals surface area contributed by atoms with Gasteiger partial charge in [0.1, 0.15) is 0 Å². The number of halogens is 4. The Balaban J connectivity index is 2.55. The molecule has 0 aliphatic rings. The summed E-state index contributed by atoms with van der Waals surface area (Å²) in [5.41, 5.74) is -5.02. The van der Waals surface area contributed by atoms with Gasteiger partial charge in [0.15, 0.2) is 0 Å². The highest BCUT2D eigenvalue weighted by atomic mass is 127. The number of aromatic nitrogens is 1. The number of pyridine rings is 1. The highest BCUT2D eigenvalue weighted by molar-refractivity contribution is 14.2. The number of rotatable bonds is 2. The maximum atomic E-state index is 12.4. The highest BCUT2D eigenvalue weighted by Gasteiger charge is 2.49. The second kappa shape index (κ2) is 6.51. The van der Waals surface area contributed by atoms with Crippen LogP contribution in [0.3, 0.4) is 0 Å². The summed E-state index contributed by atoms with van der Waals surface area (Å²) in [4.78, 5) is 3.57. The molecule has 0 saturated carbocycles. The molecular weight excluding hydrogens is 454 g/mol. The standard InChI is InChI=1S/C12H5F3INO3S2/c13-12(14,15)22(18,19)20-11-10-7-8(4-6-21-16)1-2-9(10)3-5-17-11/h1-3,5,7H. The summed E-state index contributed by atoms with van der Waals surface area (Å²) in [6, 6.07) is 6.19. The Kier molecular flexibility index (Phi) is 5.08. The van der Waals surface area contributed by atoms with Gasteiger partial charge < -0.3 is 4.18 Å². The molecule has 1 heterocycles. The molecule has 1 aromatic carbocycles. The van der Waals surface area contributed by atoms with Crippen molar-refractivity contribution in [3.63, 3.8) is 0 Å². The minimum Gasteiger partial charge on any atom is -0.355 e. The molecule has 2 rings (SSSR count). The van der Waals surface area contributed by atoms with Gasteiger partial charge in [0, 0.05) is 38.4 Å². The summed E-state index contributed by atoms with van der Waals surface area (Å²) in [5.74, 6) is 2.12. The van der Waals surface area contributed by atoms with E-state index in [4.69, 9.17) is 0 Å². The van der Waals surface area contributed by atoms with Crippen molar-refractivity contribution < 1.29 is 25.8 Å². The lowest BCUT2D eigenvalue weighted by molar-refractivity contribution is -0.0500. The molecule has 0 aliphatic heterocycles. The fraction of sp³-hybridized carbons (Fsp3) is 0.0833. The largest absolute Gasteiger partial charge is 0.534 e. The summed E-state index contributed by atoms with van der Waals surface area (Å²) >= 11 is 1.97. The molecule has 0 spiro atoms. The molecule has 0 amide bonds. The molecule has 1 aromatic heterocycles. The molecule has 0 unspecified atom stereocenters.